The van der Waals surface area contributed by atoms with Crippen molar-refractivity contribution in [2.75, 3.05) is 12.3 Å². The Kier molecular flexibility index (Phi) is 4.42. The van der Waals surface area contributed by atoms with Crippen LogP contribution in [-0.2, 0) is 18.9 Å². The average Bonchev–Trinajstić information content (AvgIpc) is 3.38. The molecule has 2 aliphatic rings. The van der Waals surface area contributed by atoms with Crippen molar-refractivity contribution in [1.29, 1.82) is 0 Å². The maximum absolute atomic E-state index is 12.3. The van der Waals surface area contributed by atoms with Crippen LogP contribution in [0, 0.1) is 0 Å². The Morgan fingerprint density at radius 1 is 1.17 bits per heavy atom. The lowest BCUT2D eigenvalue weighted by atomic mass is 10.1. The molecule has 4 atom stereocenters. The van der Waals surface area contributed by atoms with Gasteiger partial charge in [0.25, 0.3) is 0 Å². The second kappa shape index (κ2) is 7.01. The van der Waals surface area contributed by atoms with Gasteiger partial charge in [0.2, 0.25) is 0 Å². The lowest BCUT2D eigenvalue weighted by molar-refractivity contribution is -0.199. The molecule has 0 spiro atoms. The monoisotopic (exact) mass is 415 g/mol. The van der Waals surface area contributed by atoms with Gasteiger partial charge in [0, 0.05) is 0 Å². The van der Waals surface area contributed by atoms with Gasteiger partial charge in [0.05, 0.1) is 11.9 Å². The quantitative estimate of drug-likeness (QED) is 0.501. The van der Waals surface area contributed by atoms with Gasteiger partial charge in [-0.15, -0.1) is 0 Å². The first-order valence-corrected chi connectivity index (χ1v) is 9.59. The fourth-order valence-electron chi connectivity index (χ4n) is 3.89. The Morgan fingerprint density at radius 2 is 1.93 bits per heavy atom. The molecule has 2 saturated heterocycles. The standard InChI is InChI=1S/C20H21N5O5/c1-20(2)29-14-12(8-27-19(26)11-6-4-3-5-7-11)28-18(15(14)30-20)25-10-24-13-16(21)22-9-23-17(13)25/h3-7,9-10,12,14-15,18H,8H2,1-2H3,(H2,21,22,23)/t12-,14-,15-,18-/m1/s1/i26+2,27+2. The van der Waals surface area contributed by atoms with E-state index >= 15 is 0 Å². The van der Waals surface area contributed by atoms with Crippen molar-refractivity contribution >= 4 is 23.0 Å². The van der Waals surface area contributed by atoms with E-state index in [4.69, 9.17) is 24.7 Å². The second-order valence-electron chi connectivity index (χ2n) is 7.68. The van der Waals surface area contributed by atoms with Crippen molar-refractivity contribution in [3.8, 4) is 0 Å². The highest BCUT2D eigenvalue weighted by molar-refractivity contribution is 5.89. The summed E-state index contributed by atoms with van der Waals surface area (Å²) in [4.78, 5) is 24.9. The molecule has 2 aromatic heterocycles. The molecule has 0 radical (unpaired) electrons. The number of esters is 1. The molecule has 4 heterocycles. The number of aromatic nitrogens is 4. The Labute approximate surface area is 171 Å². The topological polar surface area (TPSA) is 124 Å². The molecule has 10 heteroatoms. The molecule has 0 amide bonds. The zero-order chi connectivity index (χ0) is 20.9. The minimum atomic E-state index is -0.802. The molecule has 0 aliphatic carbocycles. The van der Waals surface area contributed by atoms with Crippen LogP contribution in [0.25, 0.3) is 11.2 Å². The van der Waals surface area contributed by atoms with Crippen LogP contribution in [0.5, 0.6) is 0 Å². The Balaban J connectivity index is 1.40. The predicted octanol–water partition coefficient (Wildman–Crippen LogP) is 1.68. The Hall–Kier alpha value is -3.08. The minimum absolute atomic E-state index is 0.0224. The van der Waals surface area contributed by atoms with Crippen molar-refractivity contribution in [2.24, 2.45) is 0 Å². The van der Waals surface area contributed by atoms with Crippen molar-refractivity contribution in [1.82, 2.24) is 19.5 Å². The summed E-state index contributed by atoms with van der Waals surface area (Å²) < 4.78 is 25.6. The van der Waals surface area contributed by atoms with E-state index in [0.29, 0.717) is 16.7 Å². The van der Waals surface area contributed by atoms with Gasteiger partial charge in [-0.2, -0.15) is 0 Å². The van der Waals surface area contributed by atoms with E-state index < -0.39 is 36.3 Å². The number of anilines is 1. The summed E-state index contributed by atoms with van der Waals surface area (Å²) in [6.45, 7) is 3.69. The molecular formula is C20H21N5O5. The van der Waals surface area contributed by atoms with Crippen LogP contribution in [0.1, 0.15) is 30.4 Å². The number of hydrogen-bond donors (Lipinski definition) is 1. The van der Waals surface area contributed by atoms with Gasteiger partial charge >= 0.3 is 5.97 Å². The third-order valence-corrected chi connectivity index (χ3v) is 5.17. The maximum atomic E-state index is 12.3. The number of hydrogen-bond acceptors (Lipinski definition) is 9. The van der Waals surface area contributed by atoms with Crippen LogP contribution >= 0.6 is 0 Å². The molecule has 2 aliphatic heterocycles. The summed E-state index contributed by atoms with van der Waals surface area (Å²) >= 11 is 0. The number of carbonyl (C=O) groups excluding carboxylic acids is 1. The number of fused-ring (bicyclic) bond motifs is 2. The lowest BCUT2D eigenvalue weighted by Gasteiger charge is -2.24. The molecular weight excluding hydrogens is 394 g/mol. The normalized spacial score (nSPS) is 27.3. The third kappa shape index (κ3) is 3.18. The number of nitrogen functional groups attached to an aromatic ring is 1. The van der Waals surface area contributed by atoms with Crippen LogP contribution in [0.3, 0.4) is 0 Å². The first-order valence-electron chi connectivity index (χ1n) is 9.59. The summed E-state index contributed by atoms with van der Waals surface area (Å²) in [5, 5.41) is 0. The molecule has 0 unspecified atom stereocenters. The van der Waals surface area contributed by atoms with E-state index in [2.05, 4.69) is 15.0 Å². The molecule has 0 saturated carbocycles. The van der Waals surface area contributed by atoms with Gasteiger partial charge in [-0.25, -0.2) is 19.7 Å². The van der Waals surface area contributed by atoms with Crippen molar-refractivity contribution in [3.05, 3.63) is 48.5 Å². The van der Waals surface area contributed by atoms with E-state index in [1.807, 2.05) is 19.9 Å². The summed E-state index contributed by atoms with van der Waals surface area (Å²) in [6, 6.07) is 8.79. The van der Waals surface area contributed by atoms with E-state index in [0.717, 1.165) is 0 Å². The van der Waals surface area contributed by atoms with E-state index in [9.17, 15) is 4.79 Å². The molecule has 10 nitrogen and oxygen atoms in total. The van der Waals surface area contributed by atoms with Crippen LogP contribution in [0.2, 0.25) is 0 Å². The van der Waals surface area contributed by atoms with E-state index in [1.54, 1.807) is 35.2 Å². The van der Waals surface area contributed by atoms with Gasteiger partial charge < -0.3 is 24.7 Å². The number of rotatable bonds is 4. The molecule has 1 aromatic carbocycles. The molecule has 0 bridgehead atoms. The van der Waals surface area contributed by atoms with Crippen molar-refractivity contribution < 1.29 is 23.7 Å². The first kappa shape index (κ1) is 18.9. The maximum Gasteiger partial charge on any atom is 0.338 e. The molecule has 2 N–H and O–H groups in total. The molecule has 5 rings (SSSR count). The molecule has 30 heavy (non-hydrogen) atoms. The molecule has 156 valence electrons. The number of nitrogens with two attached hydrogens (primary N) is 1. The second-order valence-corrected chi connectivity index (χ2v) is 7.68. The average molecular weight is 415 g/mol. The van der Waals surface area contributed by atoms with Crippen LogP contribution in [0.15, 0.2) is 43.0 Å². The van der Waals surface area contributed by atoms with Crippen LogP contribution in [-0.4, -0.2) is 56.2 Å². The SMILES string of the molecule is CC1(C)O[C@@H]2[C@H](O1)[C@@H](C[18O]C(=[18O])c1ccccc1)O[C@H]2n1cnc2c(N)ncnc21. The van der Waals surface area contributed by atoms with Crippen LogP contribution in [0.4, 0.5) is 5.82 Å². The smallest absolute Gasteiger partial charge is 0.338 e. The number of carbonyl (C=O) groups is 1. The van der Waals surface area contributed by atoms with Gasteiger partial charge in [-0.3, -0.25) is 4.57 Å². The molecule has 3 aromatic rings. The van der Waals surface area contributed by atoms with Crippen molar-refractivity contribution in [3.63, 3.8) is 0 Å². The lowest BCUT2D eigenvalue weighted by Crippen LogP contribution is -2.33. The molecule has 2 fully saturated rings. The van der Waals surface area contributed by atoms with Crippen LogP contribution < -0.4 is 5.73 Å². The number of imidazole rings is 1. The summed E-state index contributed by atoms with van der Waals surface area (Å²) in [5.74, 6) is -0.944. The summed E-state index contributed by atoms with van der Waals surface area (Å²) in [5.41, 5.74) is 7.38. The highest BCUT2D eigenvalue weighted by Crippen LogP contribution is 2.43. The van der Waals surface area contributed by atoms with Gasteiger partial charge in [0.15, 0.2) is 23.5 Å². The van der Waals surface area contributed by atoms with Gasteiger partial charge in [-0.1, -0.05) is 18.2 Å². The third-order valence-electron chi connectivity index (χ3n) is 5.17. The highest BCUT2D eigenvalue weighted by atomic mass is 18.4. The Bertz CT molecular complexity index is 1090. The highest BCUT2D eigenvalue weighted by Gasteiger charge is 2.56. The summed E-state index contributed by atoms with van der Waals surface area (Å²) in [6.07, 6.45) is 1.00. The summed E-state index contributed by atoms with van der Waals surface area (Å²) in [7, 11) is 0. The fourth-order valence-corrected chi connectivity index (χ4v) is 3.89. The number of ether oxygens (including phenoxy) is 4. The predicted molar refractivity (Wildman–Crippen MR) is 104 cm³/mol. The zero-order valence-electron chi connectivity index (χ0n) is 16.5. The minimum Gasteiger partial charge on any atom is -0.459 e. The van der Waals surface area contributed by atoms with Gasteiger partial charge in [-0.05, 0) is 26.0 Å². The fraction of sp³-hybridized carbons (Fsp3) is 0.400. The van der Waals surface area contributed by atoms with Gasteiger partial charge in [0.1, 0.15) is 36.8 Å². The number of nitrogens with zero attached hydrogens (tertiary/aromatic N) is 4. The first-order chi connectivity index (χ1) is 14.4. The van der Waals surface area contributed by atoms with E-state index in [1.165, 1.54) is 6.33 Å². The zero-order valence-corrected chi connectivity index (χ0v) is 16.5. The number of benzene rings is 1. The largest absolute Gasteiger partial charge is 0.459 e. The van der Waals surface area contributed by atoms with E-state index in [-0.39, 0.29) is 12.4 Å². The Morgan fingerprint density at radius 3 is 2.73 bits per heavy atom. The van der Waals surface area contributed by atoms with Crippen molar-refractivity contribution in [2.45, 2.75) is 44.2 Å².